The Morgan fingerprint density at radius 2 is 2.00 bits per heavy atom. The fraction of sp³-hybridized carbons (Fsp3) is 0.0667. The molecule has 0 radical (unpaired) electrons. The first-order valence-electron chi connectivity index (χ1n) is 6.59. The minimum atomic E-state index is -0.317. The van der Waals surface area contributed by atoms with Crippen LogP contribution in [0, 0.1) is 5.82 Å². The molecule has 110 valence electrons. The van der Waals surface area contributed by atoms with Crippen molar-refractivity contribution in [3.8, 4) is 11.4 Å². The van der Waals surface area contributed by atoms with Crippen molar-refractivity contribution in [1.29, 1.82) is 0 Å². The van der Waals surface area contributed by atoms with Gasteiger partial charge in [0.05, 0.1) is 6.54 Å². The number of hydrogen-bond acceptors (Lipinski definition) is 4. The third kappa shape index (κ3) is 3.14. The molecule has 0 fully saturated rings. The van der Waals surface area contributed by atoms with Crippen LogP contribution in [0.5, 0.6) is 0 Å². The Balaban J connectivity index is 1.65. The highest BCUT2D eigenvalue weighted by atomic mass is 19.1. The van der Waals surface area contributed by atoms with Crippen LogP contribution in [0.4, 0.5) is 4.39 Å². The van der Waals surface area contributed by atoms with Gasteiger partial charge in [-0.3, -0.25) is 14.9 Å². The summed E-state index contributed by atoms with van der Waals surface area (Å²) in [4.78, 5) is 20.1. The highest BCUT2D eigenvalue weighted by molar-refractivity contribution is 5.92. The average Bonchev–Trinajstić information content (AvgIpc) is 3.03. The van der Waals surface area contributed by atoms with E-state index in [-0.39, 0.29) is 18.3 Å². The van der Waals surface area contributed by atoms with Crippen molar-refractivity contribution < 1.29 is 9.18 Å². The highest BCUT2D eigenvalue weighted by Crippen LogP contribution is 2.14. The van der Waals surface area contributed by atoms with Crippen LogP contribution in [0.25, 0.3) is 11.4 Å². The minimum Gasteiger partial charge on any atom is -0.343 e. The molecule has 3 rings (SSSR count). The van der Waals surface area contributed by atoms with Crippen LogP contribution in [0.2, 0.25) is 0 Å². The molecule has 2 aromatic heterocycles. The molecule has 0 bridgehead atoms. The molecule has 22 heavy (non-hydrogen) atoms. The Hall–Kier alpha value is -3.09. The molecule has 0 atom stereocenters. The Labute approximate surface area is 125 Å². The number of nitrogens with one attached hydrogen (secondary N) is 2. The Bertz CT molecular complexity index is 770. The van der Waals surface area contributed by atoms with Gasteiger partial charge in [-0.05, 0) is 36.4 Å². The van der Waals surface area contributed by atoms with Gasteiger partial charge in [0.15, 0.2) is 5.82 Å². The lowest BCUT2D eigenvalue weighted by Gasteiger charge is -2.01. The standard InChI is InChI=1S/C15H12FN5O/c16-11-6-4-10(5-7-11)14-19-13(20-21-14)9-18-15(22)12-3-1-2-8-17-12/h1-8H,9H2,(H,18,22)(H,19,20,21). The van der Waals surface area contributed by atoms with E-state index in [1.54, 1.807) is 36.5 Å². The van der Waals surface area contributed by atoms with Crippen LogP contribution >= 0.6 is 0 Å². The second-order valence-electron chi connectivity index (χ2n) is 4.51. The molecule has 1 aromatic carbocycles. The lowest BCUT2D eigenvalue weighted by atomic mass is 10.2. The maximum atomic E-state index is 12.9. The summed E-state index contributed by atoms with van der Waals surface area (Å²) in [7, 11) is 0. The number of carbonyl (C=O) groups is 1. The van der Waals surface area contributed by atoms with Gasteiger partial charge in [0, 0.05) is 11.8 Å². The van der Waals surface area contributed by atoms with E-state index in [1.165, 1.54) is 12.1 Å². The number of halogens is 1. The minimum absolute atomic E-state index is 0.198. The number of aromatic amines is 1. The zero-order chi connectivity index (χ0) is 15.4. The molecule has 7 heteroatoms. The summed E-state index contributed by atoms with van der Waals surface area (Å²) in [6.45, 7) is 0.198. The molecule has 0 spiro atoms. The number of rotatable bonds is 4. The fourth-order valence-electron chi connectivity index (χ4n) is 1.85. The molecule has 2 heterocycles. The second-order valence-corrected chi connectivity index (χ2v) is 4.51. The topological polar surface area (TPSA) is 83.6 Å². The van der Waals surface area contributed by atoms with E-state index in [9.17, 15) is 9.18 Å². The van der Waals surface area contributed by atoms with Crippen LogP contribution < -0.4 is 5.32 Å². The van der Waals surface area contributed by atoms with Crippen LogP contribution in [-0.4, -0.2) is 26.1 Å². The molecular weight excluding hydrogens is 285 g/mol. The quantitative estimate of drug-likeness (QED) is 0.771. The third-order valence-electron chi connectivity index (χ3n) is 2.95. The summed E-state index contributed by atoms with van der Waals surface area (Å²) in [5, 5.41) is 9.47. The third-order valence-corrected chi connectivity index (χ3v) is 2.95. The van der Waals surface area contributed by atoms with Gasteiger partial charge in [0.1, 0.15) is 17.3 Å². The smallest absolute Gasteiger partial charge is 0.270 e. The molecule has 6 nitrogen and oxygen atoms in total. The van der Waals surface area contributed by atoms with E-state index < -0.39 is 0 Å². The van der Waals surface area contributed by atoms with Gasteiger partial charge >= 0.3 is 0 Å². The zero-order valence-electron chi connectivity index (χ0n) is 11.5. The first-order valence-corrected chi connectivity index (χ1v) is 6.59. The number of carbonyl (C=O) groups excluding carboxylic acids is 1. The Morgan fingerprint density at radius 1 is 1.18 bits per heavy atom. The van der Waals surface area contributed by atoms with Crippen LogP contribution in [0.15, 0.2) is 48.7 Å². The van der Waals surface area contributed by atoms with Crippen molar-refractivity contribution in [2.45, 2.75) is 6.54 Å². The highest BCUT2D eigenvalue weighted by Gasteiger charge is 2.09. The van der Waals surface area contributed by atoms with Crippen LogP contribution in [0.1, 0.15) is 16.3 Å². The molecule has 0 saturated heterocycles. The molecular formula is C15H12FN5O. The number of pyridine rings is 1. The molecule has 2 N–H and O–H groups in total. The first-order chi connectivity index (χ1) is 10.7. The Kier molecular flexibility index (Phi) is 3.86. The molecule has 0 aliphatic heterocycles. The van der Waals surface area contributed by atoms with Crippen LogP contribution in [0.3, 0.4) is 0 Å². The van der Waals surface area contributed by atoms with Crippen molar-refractivity contribution in [2.24, 2.45) is 0 Å². The van der Waals surface area contributed by atoms with E-state index in [0.717, 1.165) is 0 Å². The SMILES string of the molecule is O=C(NCc1nc(-c2ccc(F)cc2)n[nH]1)c1ccccn1. The molecule has 3 aromatic rings. The van der Waals surface area contributed by atoms with Gasteiger partial charge in [0.2, 0.25) is 0 Å². The number of amides is 1. The molecule has 0 aliphatic carbocycles. The molecule has 1 amide bonds. The van der Waals surface area contributed by atoms with E-state index in [2.05, 4.69) is 25.5 Å². The molecule has 0 saturated carbocycles. The number of aromatic nitrogens is 4. The van der Waals surface area contributed by atoms with E-state index in [1.807, 2.05) is 0 Å². The number of hydrogen-bond donors (Lipinski definition) is 2. The summed E-state index contributed by atoms with van der Waals surface area (Å²) >= 11 is 0. The van der Waals surface area contributed by atoms with Crippen molar-refractivity contribution in [1.82, 2.24) is 25.5 Å². The van der Waals surface area contributed by atoms with Crippen LogP contribution in [-0.2, 0) is 6.54 Å². The van der Waals surface area contributed by atoms with Crippen molar-refractivity contribution in [3.63, 3.8) is 0 Å². The summed E-state index contributed by atoms with van der Waals surface area (Å²) in [6, 6.07) is 11.0. The van der Waals surface area contributed by atoms with Crippen molar-refractivity contribution in [3.05, 3.63) is 66.0 Å². The predicted octanol–water partition coefficient (Wildman–Crippen LogP) is 1.94. The summed E-state index contributed by atoms with van der Waals surface area (Å²) in [5.74, 6) is 0.341. The predicted molar refractivity (Wildman–Crippen MR) is 77.2 cm³/mol. The summed E-state index contributed by atoms with van der Waals surface area (Å²) in [6.07, 6.45) is 1.55. The van der Waals surface area contributed by atoms with E-state index in [4.69, 9.17) is 0 Å². The summed E-state index contributed by atoms with van der Waals surface area (Å²) in [5.41, 5.74) is 1.03. The maximum absolute atomic E-state index is 12.9. The van der Waals surface area contributed by atoms with Gasteiger partial charge < -0.3 is 5.32 Å². The lowest BCUT2D eigenvalue weighted by molar-refractivity contribution is 0.0945. The molecule has 0 unspecified atom stereocenters. The fourth-order valence-corrected chi connectivity index (χ4v) is 1.85. The van der Waals surface area contributed by atoms with Crippen molar-refractivity contribution >= 4 is 5.91 Å². The van der Waals surface area contributed by atoms with E-state index >= 15 is 0 Å². The lowest BCUT2D eigenvalue weighted by Crippen LogP contribution is -2.24. The van der Waals surface area contributed by atoms with Gasteiger partial charge in [-0.2, -0.15) is 5.10 Å². The normalized spacial score (nSPS) is 10.4. The van der Waals surface area contributed by atoms with Gasteiger partial charge in [0.25, 0.3) is 5.91 Å². The monoisotopic (exact) mass is 297 g/mol. The zero-order valence-corrected chi connectivity index (χ0v) is 11.5. The number of H-pyrrole nitrogens is 1. The largest absolute Gasteiger partial charge is 0.343 e. The second kappa shape index (κ2) is 6.13. The number of nitrogens with zero attached hydrogens (tertiary/aromatic N) is 3. The Morgan fingerprint density at radius 3 is 2.73 bits per heavy atom. The maximum Gasteiger partial charge on any atom is 0.270 e. The number of benzene rings is 1. The average molecular weight is 297 g/mol. The van der Waals surface area contributed by atoms with Gasteiger partial charge in [-0.15, -0.1) is 0 Å². The van der Waals surface area contributed by atoms with Gasteiger partial charge in [-0.1, -0.05) is 6.07 Å². The van der Waals surface area contributed by atoms with Crippen molar-refractivity contribution in [2.75, 3.05) is 0 Å². The molecule has 0 aliphatic rings. The van der Waals surface area contributed by atoms with Gasteiger partial charge in [-0.25, -0.2) is 9.37 Å². The summed E-state index contributed by atoms with van der Waals surface area (Å²) < 4.78 is 12.9. The first kappa shape index (κ1) is 13.9. The van der Waals surface area contributed by atoms with E-state index in [0.29, 0.717) is 22.9 Å².